The first-order valence-corrected chi connectivity index (χ1v) is 7.66. The average Bonchev–Trinajstić information content (AvgIpc) is 2.78. The van der Waals surface area contributed by atoms with E-state index in [0.717, 1.165) is 18.5 Å². The Hall–Kier alpha value is -0.860. The molecular weight excluding hydrogens is 232 g/mol. The third-order valence-electron chi connectivity index (χ3n) is 5.02. The van der Waals surface area contributed by atoms with Gasteiger partial charge < -0.3 is 5.32 Å². The van der Waals surface area contributed by atoms with Crippen LogP contribution in [0.2, 0.25) is 0 Å². The van der Waals surface area contributed by atoms with Crippen molar-refractivity contribution < 1.29 is 0 Å². The number of hydrogen-bond donors (Lipinski definition) is 1. The molecule has 0 amide bonds. The fourth-order valence-electron chi connectivity index (χ4n) is 3.70. The summed E-state index contributed by atoms with van der Waals surface area (Å²) in [6, 6.07) is 5.48. The van der Waals surface area contributed by atoms with Crippen LogP contribution < -0.4 is 5.32 Å². The van der Waals surface area contributed by atoms with E-state index < -0.39 is 0 Å². The minimum Gasteiger partial charge on any atom is -0.312 e. The number of benzene rings is 1. The van der Waals surface area contributed by atoms with Crippen molar-refractivity contribution in [2.45, 2.75) is 46.2 Å². The number of aryl methyl sites for hydroxylation is 3. The van der Waals surface area contributed by atoms with E-state index in [0.29, 0.717) is 0 Å². The molecule has 2 saturated heterocycles. The molecule has 2 heteroatoms. The molecule has 2 nitrogen and oxygen atoms in total. The zero-order valence-corrected chi connectivity index (χ0v) is 12.5. The topological polar surface area (TPSA) is 15.3 Å². The standard InChI is InChI=1S/C17H26N2/c1-12-7-14(3)16(8-13(12)2)10-19-9-15-5-4-6-18-17(15)11-19/h7-8,15,17-18H,4-6,9-11H2,1-3H3. The highest BCUT2D eigenvalue weighted by atomic mass is 15.2. The Labute approximate surface area is 117 Å². The molecule has 3 rings (SSSR count). The summed E-state index contributed by atoms with van der Waals surface area (Å²) < 4.78 is 0. The van der Waals surface area contributed by atoms with E-state index in [2.05, 4.69) is 43.1 Å². The predicted molar refractivity (Wildman–Crippen MR) is 80.4 cm³/mol. The van der Waals surface area contributed by atoms with Gasteiger partial charge in [-0.3, -0.25) is 4.90 Å². The lowest BCUT2D eigenvalue weighted by molar-refractivity contribution is 0.312. The van der Waals surface area contributed by atoms with Crippen molar-refractivity contribution in [1.82, 2.24) is 10.2 Å². The molecule has 0 aromatic heterocycles. The third-order valence-corrected chi connectivity index (χ3v) is 5.02. The van der Waals surface area contributed by atoms with E-state index in [1.807, 2.05) is 0 Å². The minimum atomic E-state index is 0.751. The molecular formula is C17H26N2. The van der Waals surface area contributed by atoms with E-state index in [4.69, 9.17) is 0 Å². The highest BCUT2D eigenvalue weighted by molar-refractivity contribution is 5.36. The van der Waals surface area contributed by atoms with Crippen LogP contribution in [-0.2, 0) is 6.54 Å². The number of nitrogens with zero attached hydrogens (tertiary/aromatic N) is 1. The van der Waals surface area contributed by atoms with Crippen molar-refractivity contribution in [3.63, 3.8) is 0 Å². The zero-order valence-electron chi connectivity index (χ0n) is 12.5. The Balaban J connectivity index is 1.70. The number of fused-ring (bicyclic) bond motifs is 1. The van der Waals surface area contributed by atoms with Crippen LogP contribution in [0, 0.1) is 26.7 Å². The van der Waals surface area contributed by atoms with Crippen LogP contribution in [0.5, 0.6) is 0 Å². The quantitative estimate of drug-likeness (QED) is 0.877. The Bertz CT molecular complexity index is 453. The fraction of sp³-hybridized carbons (Fsp3) is 0.647. The van der Waals surface area contributed by atoms with Gasteiger partial charge in [-0.05, 0) is 68.3 Å². The van der Waals surface area contributed by atoms with Crippen LogP contribution in [0.25, 0.3) is 0 Å². The molecule has 1 aromatic carbocycles. The fourth-order valence-corrected chi connectivity index (χ4v) is 3.70. The van der Waals surface area contributed by atoms with Crippen LogP contribution >= 0.6 is 0 Å². The second-order valence-electron chi connectivity index (χ2n) is 6.52. The number of rotatable bonds is 2. The van der Waals surface area contributed by atoms with Gasteiger partial charge in [-0.15, -0.1) is 0 Å². The number of nitrogens with one attached hydrogen (secondary N) is 1. The van der Waals surface area contributed by atoms with Gasteiger partial charge in [0.2, 0.25) is 0 Å². The van der Waals surface area contributed by atoms with E-state index in [1.54, 1.807) is 0 Å². The van der Waals surface area contributed by atoms with E-state index in [-0.39, 0.29) is 0 Å². The van der Waals surface area contributed by atoms with Gasteiger partial charge in [-0.2, -0.15) is 0 Å². The first-order valence-electron chi connectivity index (χ1n) is 7.66. The largest absolute Gasteiger partial charge is 0.312 e. The van der Waals surface area contributed by atoms with Crippen LogP contribution in [0.4, 0.5) is 0 Å². The van der Waals surface area contributed by atoms with Crippen LogP contribution in [0.15, 0.2) is 12.1 Å². The van der Waals surface area contributed by atoms with E-state index in [1.165, 1.54) is 54.7 Å². The molecule has 0 bridgehead atoms. The lowest BCUT2D eigenvalue weighted by Crippen LogP contribution is -2.40. The highest BCUT2D eigenvalue weighted by Gasteiger charge is 2.33. The summed E-state index contributed by atoms with van der Waals surface area (Å²) in [4.78, 5) is 2.64. The monoisotopic (exact) mass is 258 g/mol. The Kier molecular flexibility index (Phi) is 3.64. The van der Waals surface area contributed by atoms with Gasteiger partial charge in [0, 0.05) is 25.7 Å². The molecule has 0 saturated carbocycles. The molecule has 2 aliphatic rings. The Morgan fingerprint density at radius 2 is 1.89 bits per heavy atom. The summed E-state index contributed by atoms with van der Waals surface area (Å²) in [7, 11) is 0. The molecule has 0 radical (unpaired) electrons. The summed E-state index contributed by atoms with van der Waals surface area (Å²) in [6.07, 6.45) is 2.78. The summed E-state index contributed by atoms with van der Waals surface area (Å²) in [5.74, 6) is 0.889. The molecule has 0 aliphatic carbocycles. The van der Waals surface area contributed by atoms with E-state index >= 15 is 0 Å². The molecule has 0 spiro atoms. The number of likely N-dealkylation sites (tertiary alicyclic amines) is 1. The van der Waals surface area contributed by atoms with Gasteiger partial charge >= 0.3 is 0 Å². The maximum atomic E-state index is 3.69. The molecule has 2 aliphatic heterocycles. The van der Waals surface area contributed by atoms with Gasteiger partial charge in [-0.1, -0.05) is 12.1 Å². The lowest BCUT2D eigenvalue weighted by atomic mass is 9.94. The zero-order chi connectivity index (χ0) is 13.4. The molecule has 2 unspecified atom stereocenters. The first kappa shape index (κ1) is 13.1. The second-order valence-corrected chi connectivity index (χ2v) is 6.52. The summed E-state index contributed by atoms with van der Waals surface area (Å²) in [6.45, 7) is 11.5. The number of hydrogen-bond acceptors (Lipinski definition) is 2. The van der Waals surface area contributed by atoms with Crippen molar-refractivity contribution in [3.8, 4) is 0 Å². The first-order chi connectivity index (χ1) is 9.13. The van der Waals surface area contributed by atoms with Crippen LogP contribution in [0.1, 0.15) is 35.1 Å². The summed E-state index contributed by atoms with van der Waals surface area (Å²) in [5.41, 5.74) is 5.81. The average molecular weight is 258 g/mol. The summed E-state index contributed by atoms with van der Waals surface area (Å²) in [5, 5.41) is 3.69. The molecule has 1 N–H and O–H groups in total. The van der Waals surface area contributed by atoms with Crippen molar-refractivity contribution in [1.29, 1.82) is 0 Å². The minimum absolute atomic E-state index is 0.751. The predicted octanol–water partition coefficient (Wildman–Crippen LogP) is 2.80. The van der Waals surface area contributed by atoms with Crippen molar-refractivity contribution in [3.05, 3.63) is 34.4 Å². The van der Waals surface area contributed by atoms with Gasteiger partial charge in [0.1, 0.15) is 0 Å². The van der Waals surface area contributed by atoms with Crippen molar-refractivity contribution >= 4 is 0 Å². The molecule has 2 atom stereocenters. The maximum absolute atomic E-state index is 3.69. The molecule has 19 heavy (non-hydrogen) atoms. The molecule has 1 aromatic rings. The van der Waals surface area contributed by atoms with Gasteiger partial charge in [-0.25, -0.2) is 0 Å². The highest BCUT2D eigenvalue weighted by Crippen LogP contribution is 2.27. The number of piperidine rings is 1. The second kappa shape index (κ2) is 5.26. The molecule has 2 fully saturated rings. The van der Waals surface area contributed by atoms with Crippen molar-refractivity contribution in [2.75, 3.05) is 19.6 Å². The molecule has 104 valence electrons. The van der Waals surface area contributed by atoms with Gasteiger partial charge in [0.05, 0.1) is 0 Å². The Morgan fingerprint density at radius 3 is 2.68 bits per heavy atom. The maximum Gasteiger partial charge on any atom is 0.0237 e. The molecule has 2 heterocycles. The Morgan fingerprint density at radius 1 is 1.11 bits per heavy atom. The van der Waals surface area contributed by atoms with Gasteiger partial charge in [0.25, 0.3) is 0 Å². The van der Waals surface area contributed by atoms with Gasteiger partial charge in [0.15, 0.2) is 0 Å². The third kappa shape index (κ3) is 2.70. The lowest BCUT2D eigenvalue weighted by Gasteiger charge is -2.24. The van der Waals surface area contributed by atoms with Crippen LogP contribution in [0.3, 0.4) is 0 Å². The van der Waals surface area contributed by atoms with Crippen LogP contribution in [-0.4, -0.2) is 30.6 Å². The summed E-state index contributed by atoms with van der Waals surface area (Å²) >= 11 is 0. The van der Waals surface area contributed by atoms with E-state index in [9.17, 15) is 0 Å². The normalized spacial score (nSPS) is 27.5. The van der Waals surface area contributed by atoms with Crippen molar-refractivity contribution in [2.24, 2.45) is 5.92 Å². The SMILES string of the molecule is Cc1cc(C)c(CN2CC3CCCNC3C2)cc1C. The smallest absolute Gasteiger partial charge is 0.0237 e.